The van der Waals surface area contributed by atoms with E-state index in [0.717, 1.165) is 11.1 Å². The van der Waals surface area contributed by atoms with Crippen LogP contribution in [0.1, 0.15) is 5.56 Å². The predicted octanol–water partition coefficient (Wildman–Crippen LogP) is 5.20. The molecule has 0 saturated heterocycles. The van der Waals surface area contributed by atoms with Gasteiger partial charge in [-0.15, -0.1) is 0 Å². The van der Waals surface area contributed by atoms with Crippen LogP contribution in [0, 0.1) is 0 Å². The van der Waals surface area contributed by atoms with Gasteiger partial charge in [0.15, 0.2) is 11.2 Å². The Morgan fingerprint density at radius 3 is 2.70 bits per heavy atom. The van der Waals surface area contributed by atoms with Crippen molar-refractivity contribution in [2.24, 2.45) is 0 Å². The van der Waals surface area contributed by atoms with Crippen molar-refractivity contribution in [2.75, 3.05) is 5.32 Å². The monoisotopic (exact) mass is 375 g/mol. The molecule has 2 aromatic carbocycles. The summed E-state index contributed by atoms with van der Waals surface area (Å²) in [5.74, 6) is 0.260. The minimum Gasteiger partial charge on any atom is -0.434 e. The molecule has 6 heteroatoms. The van der Waals surface area contributed by atoms with Gasteiger partial charge >= 0.3 is 0 Å². The van der Waals surface area contributed by atoms with Gasteiger partial charge in [0.25, 0.3) is 0 Å². The van der Waals surface area contributed by atoms with Crippen LogP contribution in [0.25, 0.3) is 28.8 Å². The van der Waals surface area contributed by atoms with Crippen LogP contribution in [0.2, 0.25) is 5.02 Å². The molecule has 2 aromatic heterocycles. The topological polar surface area (TPSA) is 68.0 Å². The van der Waals surface area contributed by atoms with Gasteiger partial charge in [0.1, 0.15) is 0 Å². The Hall–Kier alpha value is -3.44. The molecule has 0 saturated carbocycles. The van der Waals surface area contributed by atoms with E-state index in [-0.39, 0.29) is 5.91 Å². The van der Waals surface area contributed by atoms with Crippen LogP contribution < -0.4 is 5.32 Å². The minimum atomic E-state index is -0.228. The highest BCUT2D eigenvalue weighted by Gasteiger charge is 2.08. The summed E-state index contributed by atoms with van der Waals surface area (Å²) in [5, 5.41) is 3.44. The number of benzene rings is 2. The zero-order valence-electron chi connectivity index (χ0n) is 14.1. The number of carbonyl (C=O) groups is 1. The molecule has 27 heavy (non-hydrogen) atoms. The van der Waals surface area contributed by atoms with Gasteiger partial charge in [0.2, 0.25) is 11.8 Å². The summed E-state index contributed by atoms with van der Waals surface area (Å²) in [4.78, 5) is 20.6. The molecule has 0 radical (unpaired) electrons. The number of fused-ring (bicyclic) bond motifs is 1. The lowest BCUT2D eigenvalue weighted by Gasteiger charge is -2.03. The van der Waals surface area contributed by atoms with Crippen molar-refractivity contribution in [3.63, 3.8) is 0 Å². The second-order valence-electron chi connectivity index (χ2n) is 5.80. The Kier molecular flexibility index (Phi) is 4.68. The third-order valence-electron chi connectivity index (χ3n) is 3.84. The average Bonchev–Trinajstić information content (AvgIpc) is 3.11. The fourth-order valence-corrected chi connectivity index (χ4v) is 2.75. The Labute approximate surface area is 160 Å². The number of nitrogens with zero attached hydrogens (tertiary/aromatic N) is 2. The number of carbonyl (C=O) groups excluding carboxylic acids is 1. The molecule has 4 aromatic rings. The van der Waals surface area contributed by atoms with Crippen molar-refractivity contribution >= 4 is 40.5 Å². The maximum atomic E-state index is 12.1. The molecule has 0 atom stereocenters. The number of oxazole rings is 1. The summed E-state index contributed by atoms with van der Waals surface area (Å²) >= 11 is 5.93. The number of nitrogens with one attached hydrogen (secondary N) is 1. The summed E-state index contributed by atoms with van der Waals surface area (Å²) in [6, 6.07) is 18.2. The zero-order valence-corrected chi connectivity index (χ0v) is 14.9. The van der Waals surface area contributed by atoms with E-state index in [1.807, 2.05) is 30.3 Å². The number of amides is 1. The molecule has 0 aliphatic carbocycles. The lowest BCUT2D eigenvalue weighted by molar-refractivity contribution is -0.111. The van der Waals surface area contributed by atoms with Crippen LogP contribution in [0.4, 0.5) is 5.69 Å². The van der Waals surface area contributed by atoms with Gasteiger partial charge < -0.3 is 9.73 Å². The van der Waals surface area contributed by atoms with Crippen molar-refractivity contribution in [1.29, 1.82) is 0 Å². The fraction of sp³-hybridized carbons (Fsp3) is 0. The molecule has 5 nitrogen and oxygen atoms in total. The SMILES string of the molecule is O=C(/C=C/c1cccc(Cl)c1)Nc1ccc(-c2nc3ncccc3o2)cc1. The predicted molar refractivity (Wildman–Crippen MR) is 106 cm³/mol. The Balaban J connectivity index is 1.45. The van der Waals surface area contributed by atoms with E-state index < -0.39 is 0 Å². The fourth-order valence-electron chi connectivity index (χ4n) is 2.55. The van der Waals surface area contributed by atoms with Crippen LogP contribution in [-0.2, 0) is 4.79 Å². The van der Waals surface area contributed by atoms with Crippen LogP contribution in [0.5, 0.6) is 0 Å². The Morgan fingerprint density at radius 2 is 1.93 bits per heavy atom. The molecule has 0 bridgehead atoms. The molecule has 0 aliphatic heterocycles. The quantitative estimate of drug-likeness (QED) is 0.498. The molecule has 1 amide bonds. The highest BCUT2D eigenvalue weighted by atomic mass is 35.5. The van der Waals surface area contributed by atoms with Crippen LogP contribution in [0.15, 0.2) is 77.4 Å². The third kappa shape index (κ3) is 4.04. The summed E-state index contributed by atoms with van der Waals surface area (Å²) in [6.45, 7) is 0. The summed E-state index contributed by atoms with van der Waals surface area (Å²) in [5.41, 5.74) is 3.54. The summed E-state index contributed by atoms with van der Waals surface area (Å²) in [7, 11) is 0. The van der Waals surface area contributed by atoms with Gasteiger partial charge in [-0.2, -0.15) is 4.98 Å². The van der Waals surface area contributed by atoms with Gasteiger partial charge in [-0.1, -0.05) is 23.7 Å². The summed E-state index contributed by atoms with van der Waals surface area (Å²) < 4.78 is 5.69. The highest BCUT2D eigenvalue weighted by molar-refractivity contribution is 6.30. The van der Waals surface area contributed by atoms with E-state index in [4.69, 9.17) is 16.0 Å². The molecular weight excluding hydrogens is 362 g/mol. The standard InChI is InChI=1S/C21H14ClN3O2/c22-16-4-1-3-14(13-16)6-11-19(26)24-17-9-7-15(8-10-17)21-25-20-18(27-21)5-2-12-23-20/h1-13H,(H,24,26)/b11-6+. The number of anilines is 1. The maximum Gasteiger partial charge on any atom is 0.248 e. The number of rotatable bonds is 4. The van der Waals surface area contributed by atoms with Gasteiger partial charge in [0, 0.05) is 28.5 Å². The maximum absolute atomic E-state index is 12.1. The van der Waals surface area contributed by atoms with E-state index in [9.17, 15) is 4.79 Å². The van der Waals surface area contributed by atoms with Gasteiger partial charge in [-0.25, -0.2) is 4.98 Å². The van der Waals surface area contributed by atoms with Crippen molar-refractivity contribution in [1.82, 2.24) is 9.97 Å². The number of hydrogen-bond donors (Lipinski definition) is 1. The van der Waals surface area contributed by atoms with E-state index >= 15 is 0 Å². The first-order valence-electron chi connectivity index (χ1n) is 8.24. The molecule has 0 fully saturated rings. The Morgan fingerprint density at radius 1 is 1.07 bits per heavy atom. The van der Waals surface area contributed by atoms with Crippen LogP contribution >= 0.6 is 11.6 Å². The van der Waals surface area contributed by atoms with E-state index in [1.165, 1.54) is 6.08 Å². The molecule has 4 rings (SSSR count). The molecular formula is C21H14ClN3O2. The van der Waals surface area contributed by atoms with Crippen LogP contribution in [0.3, 0.4) is 0 Å². The molecule has 132 valence electrons. The van der Waals surface area contributed by atoms with Gasteiger partial charge in [0.05, 0.1) is 0 Å². The molecule has 2 heterocycles. The highest BCUT2D eigenvalue weighted by Crippen LogP contribution is 2.24. The van der Waals surface area contributed by atoms with Crippen LogP contribution in [-0.4, -0.2) is 15.9 Å². The number of halogens is 1. The third-order valence-corrected chi connectivity index (χ3v) is 4.08. The first-order valence-corrected chi connectivity index (χ1v) is 8.62. The van der Waals surface area contributed by atoms with Crippen molar-refractivity contribution < 1.29 is 9.21 Å². The normalized spacial score (nSPS) is 11.1. The number of aromatic nitrogens is 2. The average molecular weight is 376 g/mol. The van der Waals surface area contributed by atoms with Crippen molar-refractivity contribution in [3.8, 4) is 11.5 Å². The minimum absolute atomic E-state index is 0.228. The zero-order chi connectivity index (χ0) is 18.6. The second-order valence-corrected chi connectivity index (χ2v) is 6.24. The van der Waals surface area contributed by atoms with Crippen molar-refractivity contribution in [2.45, 2.75) is 0 Å². The van der Waals surface area contributed by atoms with E-state index in [0.29, 0.717) is 27.8 Å². The first kappa shape index (κ1) is 17.0. The number of hydrogen-bond acceptors (Lipinski definition) is 4. The molecule has 0 unspecified atom stereocenters. The van der Waals surface area contributed by atoms with E-state index in [2.05, 4.69) is 15.3 Å². The van der Waals surface area contributed by atoms with Crippen molar-refractivity contribution in [3.05, 3.63) is 83.5 Å². The molecule has 0 aliphatic rings. The molecule has 0 spiro atoms. The van der Waals surface area contributed by atoms with Gasteiger partial charge in [-0.3, -0.25) is 4.79 Å². The summed E-state index contributed by atoms with van der Waals surface area (Å²) in [6.07, 6.45) is 4.84. The second kappa shape index (κ2) is 7.43. The first-order chi connectivity index (χ1) is 13.2. The largest absolute Gasteiger partial charge is 0.434 e. The Bertz CT molecular complexity index is 1100. The van der Waals surface area contributed by atoms with E-state index in [1.54, 1.807) is 42.6 Å². The lowest BCUT2D eigenvalue weighted by Crippen LogP contribution is -2.07. The smallest absolute Gasteiger partial charge is 0.248 e. The van der Waals surface area contributed by atoms with Gasteiger partial charge in [-0.05, 0) is 60.2 Å². The lowest BCUT2D eigenvalue weighted by atomic mass is 10.2. The number of pyridine rings is 1. The molecule has 1 N–H and O–H groups in total.